The number of carbonyl (C=O) groups excluding carboxylic acids is 2. The van der Waals surface area contributed by atoms with Crippen molar-refractivity contribution in [1.82, 2.24) is 5.32 Å². The molecule has 0 rings (SSSR count). The third kappa shape index (κ3) is 47.1. The predicted octanol–water partition coefficient (Wildman–Crippen LogP) is 15.4. The summed E-state index contributed by atoms with van der Waals surface area (Å²) in [5, 5.41) is 3.00. The van der Waals surface area contributed by atoms with Crippen LogP contribution in [0.5, 0.6) is 0 Å². The maximum Gasteiger partial charge on any atom is 0.306 e. The van der Waals surface area contributed by atoms with Crippen molar-refractivity contribution >= 4 is 19.7 Å². The number of amides is 1. The highest BCUT2D eigenvalue weighted by Crippen LogP contribution is 2.38. The second-order valence-electron chi connectivity index (χ2n) is 19.7. The van der Waals surface area contributed by atoms with E-state index in [1.165, 1.54) is 135 Å². The molecule has 0 saturated heterocycles. The lowest BCUT2D eigenvalue weighted by Crippen LogP contribution is -2.47. The van der Waals surface area contributed by atoms with Crippen molar-refractivity contribution in [2.75, 3.05) is 40.9 Å². The van der Waals surface area contributed by atoms with E-state index in [9.17, 15) is 19.0 Å². The van der Waals surface area contributed by atoms with Crippen molar-refractivity contribution in [2.45, 2.75) is 264 Å². The molecular formula is C55H105N2O7P. The highest BCUT2D eigenvalue weighted by molar-refractivity contribution is 7.45. The zero-order chi connectivity index (χ0) is 48.0. The summed E-state index contributed by atoms with van der Waals surface area (Å²) >= 11 is 0. The standard InChI is InChI=1S/C55H105N2O7P/c1-7-10-13-16-19-22-25-28-30-32-35-38-41-44-47-54(58)56-52(51-63-65(60,61)62-50-49-57(4,5)6)53(46-43-40-37-34-31-27-24-21-18-15-12-9-3)64-55(59)48-45-42-39-36-33-29-26-23-20-17-14-11-8-2/h29-30,32-33,43,46,52-53H,7-28,31,34-42,44-45,47-51H2,1-6H3,(H-,56,58,60,61)/b32-30-,33-29-,46-43+. The zero-order valence-corrected chi connectivity index (χ0v) is 44.3. The van der Waals surface area contributed by atoms with Crippen molar-refractivity contribution in [2.24, 2.45) is 0 Å². The van der Waals surface area contributed by atoms with E-state index in [2.05, 4.69) is 50.4 Å². The second-order valence-corrected chi connectivity index (χ2v) is 21.1. The molecule has 3 unspecified atom stereocenters. The van der Waals surface area contributed by atoms with E-state index in [0.29, 0.717) is 30.3 Å². The van der Waals surface area contributed by atoms with Crippen molar-refractivity contribution in [3.8, 4) is 0 Å². The number of carbonyl (C=O) groups is 2. The van der Waals surface area contributed by atoms with Crippen LogP contribution in [0.1, 0.15) is 252 Å². The van der Waals surface area contributed by atoms with Crippen LogP contribution in [0.2, 0.25) is 0 Å². The Balaban J connectivity index is 5.45. The number of rotatable bonds is 49. The highest BCUT2D eigenvalue weighted by atomic mass is 31.2. The molecule has 0 saturated carbocycles. The number of unbranched alkanes of at least 4 members (excludes halogenated alkanes) is 29. The first-order valence-corrected chi connectivity index (χ1v) is 28.8. The Labute approximate surface area is 402 Å². The smallest absolute Gasteiger partial charge is 0.306 e. The molecular weight excluding hydrogens is 832 g/mol. The first kappa shape index (κ1) is 63.2. The van der Waals surface area contributed by atoms with E-state index in [1.807, 2.05) is 33.3 Å². The topological polar surface area (TPSA) is 114 Å². The van der Waals surface area contributed by atoms with Gasteiger partial charge < -0.3 is 28.5 Å². The number of phosphoric ester groups is 1. The SMILES string of the molecule is CCCCCCCC/C=C\CCCCCC(=O)OC(/C=C/CCCCCCCCCCCC)C(COP(=O)([O-])OCC[N+](C)(C)C)NC(=O)CCCCC/C=C\CCCCCCCCC. The van der Waals surface area contributed by atoms with Gasteiger partial charge in [0.15, 0.2) is 0 Å². The lowest BCUT2D eigenvalue weighted by Gasteiger charge is -2.30. The van der Waals surface area contributed by atoms with Gasteiger partial charge in [0.1, 0.15) is 19.3 Å². The Kier molecular flexibility index (Phi) is 44.7. The molecule has 0 radical (unpaired) electrons. The van der Waals surface area contributed by atoms with Gasteiger partial charge in [-0.2, -0.15) is 0 Å². The molecule has 0 aliphatic heterocycles. The fourth-order valence-electron chi connectivity index (χ4n) is 7.75. The number of nitrogens with zero attached hydrogens (tertiary/aromatic N) is 1. The summed E-state index contributed by atoms with van der Waals surface area (Å²) in [6, 6.07) is -0.897. The Bertz CT molecular complexity index is 1220. The molecule has 1 N–H and O–H groups in total. The van der Waals surface area contributed by atoms with E-state index in [1.54, 1.807) is 0 Å². The van der Waals surface area contributed by atoms with Crippen LogP contribution in [0.15, 0.2) is 36.5 Å². The number of allylic oxidation sites excluding steroid dienone is 5. The summed E-state index contributed by atoms with van der Waals surface area (Å²) in [5.41, 5.74) is 0. The largest absolute Gasteiger partial charge is 0.756 e. The summed E-state index contributed by atoms with van der Waals surface area (Å²) in [4.78, 5) is 39.7. The normalized spacial score (nSPS) is 14.1. The number of hydrogen-bond donors (Lipinski definition) is 1. The van der Waals surface area contributed by atoms with Gasteiger partial charge in [0.25, 0.3) is 7.82 Å². The first-order chi connectivity index (χ1) is 31.4. The molecule has 0 spiro atoms. The van der Waals surface area contributed by atoms with Crippen molar-refractivity contribution < 1.29 is 37.3 Å². The Morgan fingerprint density at radius 3 is 1.31 bits per heavy atom. The summed E-state index contributed by atoms with van der Waals surface area (Å²) in [6.07, 6.45) is 52.5. The monoisotopic (exact) mass is 937 g/mol. The lowest BCUT2D eigenvalue weighted by molar-refractivity contribution is -0.870. The van der Waals surface area contributed by atoms with Gasteiger partial charge in [0.05, 0.1) is 33.8 Å². The van der Waals surface area contributed by atoms with Crippen LogP contribution in [0.4, 0.5) is 0 Å². The molecule has 10 heteroatoms. The average Bonchev–Trinajstić information content (AvgIpc) is 3.26. The molecule has 0 aromatic rings. The van der Waals surface area contributed by atoms with Crippen LogP contribution in [0.3, 0.4) is 0 Å². The van der Waals surface area contributed by atoms with E-state index in [-0.39, 0.29) is 24.9 Å². The van der Waals surface area contributed by atoms with E-state index in [0.717, 1.165) is 70.6 Å². The van der Waals surface area contributed by atoms with Crippen LogP contribution in [0.25, 0.3) is 0 Å². The van der Waals surface area contributed by atoms with Gasteiger partial charge >= 0.3 is 5.97 Å². The van der Waals surface area contributed by atoms with Crippen molar-refractivity contribution in [1.29, 1.82) is 0 Å². The molecule has 0 aliphatic rings. The van der Waals surface area contributed by atoms with Crippen molar-refractivity contribution in [3.05, 3.63) is 36.5 Å². The van der Waals surface area contributed by atoms with Gasteiger partial charge in [0, 0.05) is 12.8 Å². The Hall–Kier alpha value is -1.77. The number of nitrogens with one attached hydrogen (secondary N) is 1. The number of hydrogen-bond acceptors (Lipinski definition) is 7. The molecule has 3 atom stereocenters. The number of likely N-dealkylation sites (N-methyl/N-ethyl adjacent to an activating group) is 1. The van der Waals surface area contributed by atoms with Gasteiger partial charge in [0.2, 0.25) is 5.91 Å². The van der Waals surface area contributed by atoms with Crippen LogP contribution in [0, 0.1) is 0 Å². The fraction of sp³-hybridized carbons (Fsp3) is 0.855. The first-order valence-electron chi connectivity index (χ1n) is 27.3. The van der Waals surface area contributed by atoms with Crippen molar-refractivity contribution in [3.63, 3.8) is 0 Å². The maximum absolute atomic E-state index is 13.4. The van der Waals surface area contributed by atoms with Gasteiger partial charge in [-0.1, -0.05) is 192 Å². The van der Waals surface area contributed by atoms with Gasteiger partial charge in [-0.25, -0.2) is 0 Å². The molecule has 9 nitrogen and oxygen atoms in total. The third-order valence-corrected chi connectivity index (χ3v) is 13.0. The number of ether oxygens (including phenoxy) is 1. The number of quaternary nitrogens is 1. The molecule has 0 bridgehead atoms. The molecule has 0 heterocycles. The molecule has 65 heavy (non-hydrogen) atoms. The molecule has 0 aliphatic carbocycles. The summed E-state index contributed by atoms with van der Waals surface area (Å²) in [7, 11) is 1.17. The van der Waals surface area contributed by atoms with Crippen LogP contribution in [-0.4, -0.2) is 69.4 Å². The van der Waals surface area contributed by atoms with Crippen LogP contribution in [-0.2, 0) is 27.9 Å². The van der Waals surface area contributed by atoms with Crippen LogP contribution < -0.4 is 10.2 Å². The van der Waals surface area contributed by atoms with E-state index < -0.39 is 26.6 Å². The van der Waals surface area contributed by atoms with E-state index in [4.69, 9.17) is 13.8 Å². The minimum Gasteiger partial charge on any atom is -0.756 e. The maximum atomic E-state index is 13.4. The average molecular weight is 937 g/mol. The van der Waals surface area contributed by atoms with Gasteiger partial charge in [-0.05, 0) is 83.1 Å². The summed E-state index contributed by atoms with van der Waals surface area (Å²) in [5.74, 6) is -0.575. The molecule has 0 aromatic heterocycles. The van der Waals surface area contributed by atoms with Crippen LogP contribution >= 0.6 is 7.82 Å². The number of phosphoric acid groups is 1. The highest BCUT2D eigenvalue weighted by Gasteiger charge is 2.27. The van der Waals surface area contributed by atoms with Gasteiger partial charge in [-0.15, -0.1) is 0 Å². The fourth-order valence-corrected chi connectivity index (χ4v) is 8.47. The lowest BCUT2D eigenvalue weighted by atomic mass is 10.1. The third-order valence-electron chi connectivity index (χ3n) is 12.0. The summed E-state index contributed by atoms with van der Waals surface area (Å²) in [6.45, 7) is 6.80. The quantitative estimate of drug-likeness (QED) is 0.0212. The summed E-state index contributed by atoms with van der Waals surface area (Å²) < 4.78 is 30.1. The number of esters is 1. The molecule has 0 aromatic carbocycles. The van der Waals surface area contributed by atoms with Gasteiger partial charge in [-0.3, -0.25) is 14.2 Å². The minimum absolute atomic E-state index is 0.0261. The predicted molar refractivity (Wildman–Crippen MR) is 275 cm³/mol. The zero-order valence-electron chi connectivity index (χ0n) is 43.4. The Morgan fingerprint density at radius 1 is 0.523 bits per heavy atom. The minimum atomic E-state index is -4.69. The molecule has 1 amide bonds. The second kappa shape index (κ2) is 46.0. The van der Waals surface area contributed by atoms with E-state index >= 15 is 0 Å². The molecule has 0 fully saturated rings. The Morgan fingerprint density at radius 2 is 0.892 bits per heavy atom. The molecule has 382 valence electrons.